The highest BCUT2D eigenvalue weighted by Crippen LogP contribution is 2.16. The Morgan fingerprint density at radius 3 is 1.70 bits per heavy atom. The molecule has 0 aliphatic rings. The van der Waals surface area contributed by atoms with Crippen molar-refractivity contribution in [2.75, 3.05) is 19.6 Å². The van der Waals surface area contributed by atoms with E-state index in [1.807, 2.05) is 103 Å². The van der Waals surface area contributed by atoms with E-state index in [1.165, 1.54) is 0 Å². The summed E-state index contributed by atoms with van der Waals surface area (Å²) in [6.45, 7) is -1.40. The predicted molar refractivity (Wildman–Crippen MR) is 197 cm³/mol. The highest BCUT2D eigenvalue weighted by atomic mass is 16.4. The number of unbranched alkanes of at least 4 members (excludes halogenated alkanes) is 1. The molecular formula is C40H44N4O9. The standard InChI is InChI=1S/C40H44N4O9/c45-35(24-29-18-19-30-15-7-8-16-31(30)21-29)42-33(23-28-13-5-2-6-14-28)39(51)43-32(22-27-11-3-1-4-12-27)38(50)41-20-10-9-17-34(40(52)53)44(25-36(46)47)26-37(48)49/h1-8,11-16,18-19,21,32-34H,9-10,17,20,22-26H2,(H,41,50)(H,42,45)(H,43,51)(H,46,47)(H,48,49)(H,52,53)/t32-,33-,34-/m0/s1. The van der Waals surface area contributed by atoms with Crippen molar-refractivity contribution in [3.05, 3.63) is 120 Å². The second-order valence-corrected chi connectivity index (χ2v) is 12.8. The van der Waals surface area contributed by atoms with Crippen LogP contribution in [0.4, 0.5) is 0 Å². The zero-order chi connectivity index (χ0) is 38.2. The third kappa shape index (κ3) is 13.2. The Labute approximate surface area is 307 Å². The van der Waals surface area contributed by atoms with Crippen molar-refractivity contribution in [1.29, 1.82) is 0 Å². The van der Waals surface area contributed by atoms with Crippen LogP contribution in [0.3, 0.4) is 0 Å². The number of hydrogen-bond donors (Lipinski definition) is 6. The van der Waals surface area contributed by atoms with Crippen molar-refractivity contribution in [3.8, 4) is 0 Å². The molecule has 0 fully saturated rings. The lowest BCUT2D eigenvalue weighted by atomic mass is 10.0. The first-order chi connectivity index (χ1) is 25.5. The monoisotopic (exact) mass is 724 g/mol. The molecule has 0 saturated carbocycles. The van der Waals surface area contributed by atoms with Gasteiger partial charge in [-0.2, -0.15) is 0 Å². The lowest BCUT2D eigenvalue weighted by molar-refractivity contribution is -0.149. The Balaban J connectivity index is 1.42. The van der Waals surface area contributed by atoms with Crippen molar-refractivity contribution in [2.24, 2.45) is 0 Å². The molecule has 0 aliphatic carbocycles. The SMILES string of the molecule is O=C(O)CN(CC(=O)O)[C@@H](CCCCNC(=O)[C@H](Cc1ccccc1)NC(=O)[C@H](Cc1ccccc1)NC(=O)Cc1ccc2ccccc2c1)C(=O)O. The average molecular weight is 725 g/mol. The van der Waals surface area contributed by atoms with Gasteiger partial charge in [-0.25, -0.2) is 0 Å². The van der Waals surface area contributed by atoms with Crippen LogP contribution in [0.25, 0.3) is 10.8 Å². The summed E-state index contributed by atoms with van der Waals surface area (Å²) in [5, 5.41) is 38.5. The minimum atomic E-state index is -1.35. The second-order valence-electron chi connectivity index (χ2n) is 12.8. The van der Waals surface area contributed by atoms with Gasteiger partial charge >= 0.3 is 17.9 Å². The minimum absolute atomic E-state index is 0.0456. The third-order valence-corrected chi connectivity index (χ3v) is 8.63. The summed E-state index contributed by atoms with van der Waals surface area (Å²) >= 11 is 0. The lowest BCUT2D eigenvalue weighted by Gasteiger charge is -2.25. The van der Waals surface area contributed by atoms with Gasteiger partial charge in [0.15, 0.2) is 0 Å². The highest BCUT2D eigenvalue weighted by molar-refractivity contribution is 5.93. The van der Waals surface area contributed by atoms with Crippen LogP contribution in [0.2, 0.25) is 0 Å². The van der Waals surface area contributed by atoms with Gasteiger partial charge in [-0.15, -0.1) is 0 Å². The van der Waals surface area contributed by atoms with E-state index < -0.39 is 60.9 Å². The molecule has 0 saturated heterocycles. The Morgan fingerprint density at radius 1 is 0.585 bits per heavy atom. The number of fused-ring (bicyclic) bond motifs is 1. The van der Waals surface area contributed by atoms with Gasteiger partial charge < -0.3 is 31.3 Å². The van der Waals surface area contributed by atoms with Crippen molar-refractivity contribution in [3.63, 3.8) is 0 Å². The van der Waals surface area contributed by atoms with Gasteiger partial charge in [0.05, 0.1) is 19.5 Å². The fourth-order valence-corrected chi connectivity index (χ4v) is 6.05. The zero-order valence-corrected chi connectivity index (χ0v) is 29.1. The number of aliphatic carboxylic acids is 3. The van der Waals surface area contributed by atoms with Gasteiger partial charge in [0.1, 0.15) is 18.1 Å². The molecule has 0 spiro atoms. The van der Waals surface area contributed by atoms with E-state index in [-0.39, 0.29) is 44.6 Å². The minimum Gasteiger partial charge on any atom is -0.480 e. The number of hydrogen-bond acceptors (Lipinski definition) is 7. The summed E-state index contributed by atoms with van der Waals surface area (Å²) in [5.41, 5.74) is 2.38. The highest BCUT2D eigenvalue weighted by Gasteiger charge is 2.30. The molecule has 0 aromatic heterocycles. The van der Waals surface area contributed by atoms with Crippen LogP contribution in [-0.4, -0.2) is 93.6 Å². The van der Waals surface area contributed by atoms with Gasteiger partial charge in [0.2, 0.25) is 17.7 Å². The molecule has 0 radical (unpaired) electrons. The number of amides is 3. The molecule has 0 bridgehead atoms. The van der Waals surface area contributed by atoms with E-state index in [4.69, 9.17) is 10.2 Å². The molecule has 6 N–H and O–H groups in total. The molecule has 4 aromatic rings. The van der Waals surface area contributed by atoms with Crippen LogP contribution >= 0.6 is 0 Å². The second kappa shape index (κ2) is 20.1. The van der Waals surface area contributed by atoms with Crippen molar-refractivity contribution in [1.82, 2.24) is 20.9 Å². The van der Waals surface area contributed by atoms with Gasteiger partial charge in [-0.05, 0) is 46.7 Å². The molecule has 278 valence electrons. The Bertz CT molecular complexity index is 1850. The van der Waals surface area contributed by atoms with Crippen LogP contribution in [0.15, 0.2) is 103 Å². The normalized spacial score (nSPS) is 12.7. The summed E-state index contributed by atoms with van der Waals surface area (Å²) in [6, 6.07) is 28.5. The number of carboxylic acids is 3. The van der Waals surface area contributed by atoms with Gasteiger partial charge in [-0.1, -0.05) is 103 Å². The molecule has 3 atom stereocenters. The number of benzene rings is 4. The number of carboxylic acid groups (broad SMARTS) is 3. The van der Waals surface area contributed by atoms with E-state index >= 15 is 0 Å². The quantitative estimate of drug-likeness (QED) is 0.0694. The maximum atomic E-state index is 13.9. The molecule has 4 rings (SSSR count). The van der Waals surface area contributed by atoms with Gasteiger partial charge in [-0.3, -0.25) is 33.7 Å². The summed E-state index contributed by atoms with van der Waals surface area (Å²) in [7, 11) is 0. The largest absolute Gasteiger partial charge is 0.480 e. The molecule has 0 heterocycles. The molecule has 13 nitrogen and oxygen atoms in total. The molecule has 13 heteroatoms. The maximum Gasteiger partial charge on any atom is 0.320 e. The van der Waals surface area contributed by atoms with Crippen LogP contribution < -0.4 is 16.0 Å². The summed E-state index contributed by atoms with van der Waals surface area (Å²) in [5.74, 6) is -5.45. The maximum absolute atomic E-state index is 13.9. The first-order valence-electron chi connectivity index (χ1n) is 17.3. The predicted octanol–water partition coefficient (Wildman–Crippen LogP) is 3.05. The van der Waals surface area contributed by atoms with E-state index in [9.17, 15) is 33.9 Å². The fourth-order valence-electron chi connectivity index (χ4n) is 6.05. The first-order valence-corrected chi connectivity index (χ1v) is 17.3. The molecule has 3 amide bonds. The van der Waals surface area contributed by atoms with Gasteiger partial charge in [0.25, 0.3) is 0 Å². The third-order valence-electron chi connectivity index (χ3n) is 8.63. The molecule has 0 aliphatic heterocycles. The molecule has 0 unspecified atom stereocenters. The number of nitrogens with zero attached hydrogens (tertiary/aromatic N) is 1. The Morgan fingerprint density at radius 2 is 1.13 bits per heavy atom. The molecular weight excluding hydrogens is 680 g/mol. The fraction of sp³-hybridized carbons (Fsp3) is 0.300. The number of carbonyl (C=O) groups excluding carboxylic acids is 3. The van der Waals surface area contributed by atoms with E-state index in [1.54, 1.807) is 0 Å². The van der Waals surface area contributed by atoms with Crippen molar-refractivity contribution in [2.45, 2.75) is 56.7 Å². The van der Waals surface area contributed by atoms with Gasteiger partial charge in [0, 0.05) is 19.4 Å². The number of rotatable bonds is 21. The Kier molecular flexibility index (Phi) is 15.0. The summed E-state index contributed by atoms with van der Waals surface area (Å²) < 4.78 is 0. The molecule has 4 aromatic carbocycles. The van der Waals surface area contributed by atoms with Crippen LogP contribution in [0.1, 0.15) is 36.0 Å². The van der Waals surface area contributed by atoms with Crippen LogP contribution in [0.5, 0.6) is 0 Å². The summed E-state index contributed by atoms with van der Waals surface area (Å²) in [6.07, 6.45) is 0.881. The zero-order valence-electron chi connectivity index (χ0n) is 29.1. The van der Waals surface area contributed by atoms with Crippen LogP contribution in [-0.2, 0) is 48.0 Å². The topological polar surface area (TPSA) is 202 Å². The first kappa shape index (κ1) is 39.7. The molecule has 53 heavy (non-hydrogen) atoms. The smallest absolute Gasteiger partial charge is 0.320 e. The number of carbonyl (C=O) groups is 6. The van der Waals surface area contributed by atoms with E-state index in [2.05, 4.69) is 16.0 Å². The van der Waals surface area contributed by atoms with Crippen molar-refractivity contribution < 1.29 is 44.1 Å². The van der Waals surface area contributed by atoms with E-state index in [0.717, 1.165) is 32.4 Å². The Hall–Kier alpha value is -6.08. The summed E-state index contributed by atoms with van der Waals surface area (Å²) in [4.78, 5) is 75.9. The van der Waals surface area contributed by atoms with E-state index in [0.29, 0.717) is 6.42 Å². The van der Waals surface area contributed by atoms with Crippen molar-refractivity contribution >= 4 is 46.4 Å². The van der Waals surface area contributed by atoms with Crippen LogP contribution in [0, 0.1) is 0 Å². The lowest BCUT2D eigenvalue weighted by Crippen LogP contribution is -2.55. The number of nitrogens with one attached hydrogen (secondary N) is 3. The average Bonchev–Trinajstić information content (AvgIpc) is 3.12.